The van der Waals surface area contributed by atoms with E-state index < -0.39 is 5.92 Å². The van der Waals surface area contributed by atoms with Gasteiger partial charge in [-0.15, -0.1) is 10.2 Å². The summed E-state index contributed by atoms with van der Waals surface area (Å²) < 4.78 is 26.1. The Labute approximate surface area is 119 Å². The average Bonchev–Trinajstić information content (AvgIpc) is 2.73. The molecule has 0 aromatic carbocycles. The maximum Gasteiger partial charge on any atom is 0.251 e. The van der Waals surface area contributed by atoms with Crippen LogP contribution in [0.5, 0.6) is 0 Å². The molecule has 3 rings (SSSR count). The van der Waals surface area contributed by atoms with Gasteiger partial charge in [0.2, 0.25) is 11.0 Å². The third kappa shape index (κ3) is 2.61. The first kappa shape index (κ1) is 13.7. The third-order valence-electron chi connectivity index (χ3n) is 3.82. The van der Waals surface area contributed by atoms with Gasteiger partial charge in [-0.2, -0.15) is 0 Å². The standard InChI is InChI=1S/C12H16F2N4OS/c1-8-15-16-11(20-8)18-6-9(7-18)10(19)17-4-2-12(13,14)3-5-17/h9H,2-7H2,1H3. The van der Waals surface area contributed by atoms with E-state index in [0.29, 0.717) is 13.1 Å². The summed E-state index contributed by atoms with van der Waals surface area (Å²) in [6.45, 7) is 3.44. The quantitative estimate of drug-likeness (QED) is 0.831. The highest BCUT2D eigenvalue weighted by Gasteiger charge is 2.41. The van der Waals surface area contributed by atoms with E-state index >= 15 is 0 Å². The van der Waals surface area contributed by atoms with Gasteiger partial charge in [0.25, 0.3) is 5.92 Å². The predicted molar refractivity (Wildman–Crippen MR) is 71.1 cm³/mol. The topological polar surface area (TPSA) is 49.3 Å². The molecule has 3 heterocycles. The second-order valence-electron chi connectivity index (χ2n) is 5.39. The lowest BCUT2D eigenvalue weighted by Crippen LogP contribution is -2.56. The zero-order valence-corrected chi connectivity index (χ0v) is 12.0. The van der Waals surface area contributed by atoms with E-state index in [1.54, 1.807) is 4.90 Å². The molecule has 2 aliphatic heterocycles. The summed E-state index contributed by atoms with van der Waals surface area (Å²) in [5.74, 6) is -2.70. The van der Waals surface area contributed by atoms with Crippen LogP contribution in [0, 0.1) is 12.8 Å². The molecule has 2 fully saturated rings. The number of rotatable bonds is 2. The molecule has 0 bridgehead atoms. The molecule has 0 spiro atoms. The Morgan fingerprint density at radius 1 is 1.30 bits per heavy atom. The summed E-state index contributed by atoms with van der Waals surface area (Å²) in [6.07, 6.45) is -0.435. The normalized spacial score (nSPS) is 22.8. The minimum atomic E-state index is -2.60. The Kier molecular flexibility index (Phi) is 3.35. The molecule has 1 aromatic rings. The van der Waals surface area contributed by atoms with E-state index in [0.717, 1.165) is 10.1 Å². The lowest BCUT2D eigenvalue weighted by atomic mass is 9.97. The third-order valence-corrected chi connectivity index (χ3v) is 4.72. The number of amides is 1. The molecular weight excluding hydrogens is 286 g/mol. The van der Waals surface area contributed by atoms with Gasteiger partial charge in [0, 0.05) is 39.0 Å². The number of aromatic nitrogens is 2. The molecule has 0 radical (unpaired) electrons. The number of aryl methyl sites for hydroxylation is 1. The second-order valence-corrected chi connectivity index (χ2v) is 6.55. The van der Waals surface area contributed by atoms with Crippen LogP contribution in [-0.4, -0.2) is 53.1 Å². The van der Waals surface area contributed by atoms with Crippen LogP contribution in [0.2, 0.25) is 0 Å². The SMILES string of the molecule is Cc1nnc(N2CC(C(=O)N3CCC(F)(F)CC3)C2)s1. The van der Waals surface area contributed by atoms with Gasteiger partial charge in [-0.05, 0) is 6.92 Å². The molecule has 2 saturated heterocycles. The molecule has 0 unspecified atom stereocenters. The summed E-state index contributed by atoms with van der Waals surface area (Å²) in [6, 6.07) is 0. The summed E-state index contributed by atoms with van der Waals surface area (Å²) >= 11 is 1.50. The summed E-state index contributed by atoms with van der Waals surface area (Å²) in [5.41, 5.74) is 0. The number of carbonyl (C=O) groups excluding carboxylic acids is 1. The zero-order valence-electron chi connectivity index (χ0n) is 11.2. The Balaban J connectivity index is 1.51. The van der Waals surface area contributed by atoms with Crippen LogP contribution in [0.1, 0.15) is 17.8 Å². The molecular formula is C12H16F2N4OS. The monoisotopic (exact) mass is 302 g/mol. The first-order valence-corrected chi connectivity index (χ1v) is 7.48. The Morgan fingerprint density at radius 3 is 2.50 bits per heavy atom. The van der Waals surface area contributed by atoms with E-state index in [1.165, 1.54) is 11.3 Å². The summed E-state index contributed by atoms with van der Waals surface area (Å²) in [5, 5.41) is 9.70. The Bertz CT molecular complexity index is 505. The summed E-state index contributed by atoms with van der Waals surface area (Å²) in [7, 11) is 0. The molecule has 0 atom stereocenters. The maximum atomic E-state index is 13.1. The fraction of sp³-hybridized carbons (Fsp3) is 0.750. The van der Waals surface area contributed by atoms with E-state index in [9.17, 15) is 13.6 Å². The van der Waals surface area contributed by atoms with Crippen LogP contribution in [-0.2, 0) is 4.79 Å². The number of halogens is 2. The van der Waals surface area contributed by atoms with Gasteiger partial charge in [0.1, 0.15) is 5.01 Å². The van der Waals surface area contributed by atoms with Gasteiger partial charge in [-0.1, -0.05) is 11.3 Å². The minimum Gasteiger partial charge on any atom is -0.345 e. The van der Waals surface area contributed by atoms with Gasteiger partial charge in [0.15, 0.2) is 0 Å². The van der Waals surface area contributed by atoms with Crippen LogP contribution in [0.15, 0.2) is 0 Å². The number of nitrogens with zero attached hydrogens (tertiary/aromatic N) is 4. The first-order chi connectivity index (χ1) is 9.44. The molecule has 20 heavy (non-hydrogen) atoms. The van der Waals surface area contributed by atoms with Gasteiger partial charge in [0.05, 0.1) is 5.92 Å². The smallest absolute Gasteiger partial charge is 0.251 e. The van der Waals surface area contributed by atoms with Crippen molar-refractivity contribution >= 4 is 22.4 Å². The maximum absolute atomic E-state index is 13.1. The minimum absolute atomic E-state index is 0.00186. The van der Waals surface area contributed by atoms with Crippen LogP contribution in [0.25, 0.3) is 0 Å². The number of anilines is 1. The summed E-state index contributed by atoms with van der Waals surface area (Å²) in [4.78, 5) is 15.8. The fourth-order valence-electron chi connectivity index (χ4n) is 2.52. The van der Waals surface area contributed by atoms with Crippen LogP contribution < -0.4 is 4.90 Å². The lowest BCUT2D eigenvalue weighted by molar-refractivity contribution is -0.142. The number of hydrogen-bond acceptors (Lipinski definition) is 5. The van der Waals surface area contributed by atoms with Gasteiger partial charge in [-0.3, -0.25) is 4.79 Å². The molecule has 0 saturated carbocycles. The van der Waals surface area contributed by atoms with Crippen molar-refractivity contribution in [3.8, 4) is 0 Å². The number of likely N-dealkylation sites (tertiary alicyclic amines) is 1. The first-order valence-electron chi connectivity index (χ1n) is 6.66. The molecule has 8 heteroatoms. The van der Waals surface area contributed by atoms with E-state index in [2.05, 4.69) is 10.2 Å². The van der Waals surface area contributed by atoms with Crippen molar-refractivity contribution in [3.05, 3.63) is 5.01 Å². The highest BCUT2D eigenvalue weighted by Crippen LogP contribution is 2.31. The van der Waals surface area contributed by atoms with Crippen molar-refractivity contribution in [3.63, 3.8) is 0 Å². The van der Waals surface area contributed by atoms with Crippen LogP contribution >= 0.6 is 11.3 Å². The van der Waals surface area contributed by atoms with Gasteiger partial charge < -0.3 is 9.80 Å². The van der Waals surface area contributed by atoms with E-state index in [-0.39, 0.29) is 37.8 Å². The van der Waals surface area contributed by atoms with Crippen LogP contribution in [0.4, 0.5) is 13.9 Å². The fourth-order valence-corrected chi connectivity index (χ4v) is 3.22. The van der Waals surface area contributed by atoms with Crippen molar-refractivity contribution in [2.24, 2.45) is 5.92 Å². The Hall–Kier alpha value is -1.31. The Morgan fingerprint density at radius 2 is 1.95 bits per heavy atom. The predicted octanol–water partition coefficient (Wildman–Crippen LogP) is 1.54. The number of hydrogen-bond donors (Lipinski definition) is 0. The average molecular weight is 302 g/mol. The number of piperidine rings is 1. The van der Waals surface area contributed by atoms with Crippen molar-refractivity contribution < 1.29 is 13.6 Å². The van der Waals surface area contributed by atoms with Gasteiger partial charge in [-0.25, -0.2) is 8.78 Å². The molecule has 2 aliphatic rings. The largest absolute Gasteiger partial charge is 0.345 e. The molecule has 5 nitrogen and oxygen atoms in total. The lowest BCUT2D eigenvalue weighted by Gasteiger charge is -2.41. The zero-order chi connectivity index (χ0) is 14.3. The van der Waals surface area contributed by atoms with Crippen molar-refractivity contribution in [1.29, 1.82) is 0 Å². The molecule has 1 amide bonds. The van der Waals surface area contributed by atoms with Crippen LogP contribution in [0.3, 0.4) is 0 Å². The van der Waals surface area contributed by atoms with Crippen molar-refractivity contribution in [2.75, 3.05) is 31.1 Å². The molecule has 110 valence electrons. The highest BCUT2D eigenvalue weighted by atomic mass is 32.1. The van der Waals surface area contributed by atoms with E-state index in [1.807, 2.05) is 11.8 Å². The number of alkyl halides is 2. The molecule has 0 N–H and O–H groups in total. The van der Waals surface area contributed by atoms with Crippen molar-refractivity contribution in [1.82, 2.24) is 15.1 Å². The van der Waals surface area contributed by atoms with Gasteiger partial charge >= 0.3 is 0 Å². The van der Waals surface area contributed by atoms with Crippen molar-refractivity contribution in [2.45, 2.75) is 25.7 Å². The molecule has 1 aromatic heterocycles. The second kappa shape index (κ2) is 4.91. The number of carbonyl (C=O) groups is 1. The molecule has 0 aliphatic carbocycles. The highest BCUT2D eigenvalue weighted by molar-refractivity contribution is 7.15. The van der Waals surface area contributed by atoms with E-state index in [4.69, 9.17) is 0 Å².